The Morgan fingerprint density at radius 1 is 1.62 bits per heavy atom. The first-order valence-electron chi connectivity index (χ1n) is 5.77. The van der Waals surface area contributed by atoms with E-state index >= 15 is 0 Å². The Bertz CT molecular complexity index is 375. The third-order valence-corrected chi connectivity index (χ3v) is 3.98. The average Bonchev–Trinajstić information content (AvgIpc) is 2.75. The van der Waals surface area contributed by atoms with Crippen LogP contribution in [-0.2, 0) is 11.2 Å². The van der Waals surface area contributed by atoms with Crippen LogP contribution in [0.15, 0.2) is 11.4 Å². The van der Waals surface area contributed by atoms with Gasteiger partial charge in [-0.2, -0.15) is 0 Å². The maximum Gasteiger partial charge on any atom is 0.410 e. The Kier molecular flexibility index (Phi) is 3.49. The number of ether oxygens (including phenoxy) is 1. The smallest absolute Gasteiger partial charge is 0.410 e. The first-order valence-corrected chi connectivity index (χ1v) is 6.65. The summed E-state index contributed by atoms with van der Waals surface area (Å²) in [5.74, 6) is 0. The Morgan fingerprint density at radius 3 is 3.12 bits per heavy atom. The molecule has 0 radical (unpaired) electrons. The molecular formula is C12H17NO2S. The molecule has 0 fully saturated rings. The zero-order valence-electron chi connectivity index (χ0n) is 9.73. The molecule has 1 aromatic rings. The molecule has 0 bridgehead atoms. The summed E-state index contributed by atoms with van der Waals surface area (Å²) in [6, 6.07) is 2.34. The highest BCUT2D eigenvalue weighted by molar-refractivity contribution is 7.10. The van der Waals surface area contributed by atoms with Crippen LogP contribution in [0.5, 0.6) is 0 Å². The van der Waals surface area contributed by atoms with E-state index in [1.54, 1.807) is 11.3 Å². The van der Waals surface area contributed by atoms with Crippen molar-refractivity contribution in [1.82, 2.24) is 4.90 Å². The highest BCUT2D eigenvalue weighted by Crippen LogP contribution is 2.35. The van der Waals surface area contributed by atoms with Gasteiger partial charge in [0.1, 0.15) is 0 Å². The van der Waals surface area contributed by atoms with Crippen LogP contribution in [0.1, 0.15) is 36.8 Å². The quantitative estimate of drug-likeness (QED) is 0.793. The number of carbonyl (C=O) groups is 1. The van der Waals surface area contributed by atoms with Crippen molar-refractivity contribution in [2.45, 2.75) is 32.7 Å². The van der Waals surface area contributed by atoms with Gasteiger partial charge in [0.15, 0.2) is 0 Å². The van der Waals surface area contributed by atoms with Gasteiger partial charge < -0.3 is 9.64 Å². The highest BCUT2D eigenvalue weighted by atomic mass is 32.1. The minimum Gasteiger partial charge on any atom is -0.450 e. The van der Waals surface area contributed by atoms with Crippen molar-refractivity contribution in [3.05, 3.63) is 21.9 Å². The number of thiophene rings is 1. The van der Waals surface area contributed by atoms with E-state index in [1.807, 2.05) is 11.8 Å². The van der Waals surface area contributed by atoms with Gasteiger partial charge in [0.2, 0.25) is 0 Å². The predicted molar refractivity (Wildman–Crippen MR) is 64.8 cm³/mol. The lowest BCUT2D eigenvalue weighted by Gasteiger charge is -2.34. The number of nitrogens with zero attached hydrogens (tertiary/aromatic N) is 1. The Hall–Kier alpha value is -1.03. The standard InChI is InChI=1S/C12H17NO2S/c1-3-10-9-6-8-16-11(9)5-7-13(10)12(14)15-4-2/h6,8,10H,3-5,7H2,1-2H3. The molecule has 2 heterocycles. The third kappa shape index (κ3) is 1.94. The van der Waals surface area contributed by atoms with Crippen molar-refractivity contribution in [3.63, 3.8) is 0 Å². The first-order chi connectivity index (χ1) is 7.77. The fourth-order valence-corrected chi connectivity index (χ4v) is 3.19. The summed E-state index contributed by atoms with van der Waals surface area (Å²) in [6.45, 7) is 5.19. The number of fused-ring (bicyclic) bond motifs is 1. The van der Waals surface area contributed by atoms with Gasteiger partial charge in [0, 0.05) is 11.4 Å². The molecule has 0 saturated heterocycles. The molecule has 1 unspecified atom stereocenters. The molecule has 0 spiro atoms. The van der Waals surface area contributed by atoms with Crippen LogP contribution in [0, 0.1) is 0 Å². The Labute approximate surface area is 100 Å². The van der Waals surface area contributed by atoms with Gasteiger partial charge in [-0.15, -0.1) is 11.3 Å². The maximum absolute atomic E-state index is 11.8. The fourth-order valence-electron chi connectivity index (χ4n) is 2.26. The topological polar surface area (TPSA) is 29.5 Å². The lowest BCUT2D eigenvalue weighted by atomic mass is 9.98. The lowest BCUT2D eigenvalue weighted by molar-refractivity contribution is 0.0859. The molecule has 1 aromatic heterocycles. The zero-order valence-corrected chi connectivity index (χ0v) is 10.5. The molecule has 1 atom stereocenters. The number of rotatable bonds is 2. The average molecular weight is 239 g/mol. The molecule has 0 aromatic carbocycles. The van der Waals surface area contributed by atoms with Gasteiger partial charge in [-0.05, 0) is 36.8 Å². The van der Waals surface area contributed by atoms with E-state index in [1.165, 1.54) is 10.4 Å². The van der Waals surface area contributed by atoms with Crippen molar-refractivity contribution in [2.75, 3.05) is 13.2 Å². The van der Waals surface area contributed by atoms with Crippen molar-refractivity contribution in [2.24, 2.45) is 0 Å². The Morgan fingerprint density at radius 2 is 2.44 bits per heavy atom. The third-order valence-electron chi connectivity index (χ3n) is 2.98. The maximum atomic E-state index is 11.8. The molecule has 1 aliphatic rings. The van der Waals surface area contributed by atoms with E-state index < -0.39 is 0 Å². The van der Waals surface area contributed by atoms with Crippen LogP contribution in [0.25, 0.3) is 0 Å². The SMILES string of the molecule is CCOC(=O)N1CCc2sccc2C1CC. The molecule has 3 nitrogen and oxygen atoms in total. The highest BCUT2D eigenvalue weighted by Gasteiger charge is 2.30. The summed E-state index contributed by atoms with van der Waals surface area (Å²) in [5.41, 5.74) is 1.31. The first kappa shape index (κ1) is 11.5. The second kappa shape index (κ2) is 4.87. The molecule has 2 rings (SSSR count). The molecule has 0 N–H and O–H groups in total. The zero-order chi connectivity index (χ0) is 11.5. The monoisotopic (exact) mass is 239 g/mol. The van der Waals surface area contributed by atoms with Crippen LogP contribution in [0.2, 0.25) is 0 Å². The summed E-state index contributed by atoms with van der Waals surface area (Å²) in [4.78, 5) is 15.1. The Balaban J connectivity index is 2.21. The largest absolute Gasteiger partial charge is 0.450 e. The van der Waals surface area contributed by atoms with Crippen LogP contribution < -0.4 is 0 Å². The van der Waals surface area contributed by atoms with Gasteiger partial charge in [-0.25, -0.2) is 4.79 Å². The summed E-state index contributed by atoms with van der Waals surface area (Å²) in [5, 5.41) is 2.11. The van der Waals surface area contributed by atoms with Crippen LogP contribution in [-0.4, -0.2) is 24.1 Å². The number of hydrogen-bond acceptors (Lipinski definition) is 3. The van der Waals surface area contributed by atoms with Gasteiger partial charge in [0.25, 0.3) is 0 Å². The summed E-state index contributed by atoms with van der Waals surface area (Å²) < 4.78 is 5.10. The second-order valence-corrected chi connectivity index (χ2v) is 4.87. The minimum atomic E-state index is -0.175. The van der Waals surface area contributed by atoms with E-state index in [0.29, 0.717) is 6.61 Å². The number of hydrogen-bond donors (Lipinski definition) is 0. The van der Waals surface area contributed by atoms with Crippen molar-refractivity contribution in [3.8, 4) is 0 Å². The summed E-state index contributed by atoms with van der Waals surface area (Å²) in [6.07, 6.45) is 1.73. The van der Waals surface area contributed by atoms with Gasteiger partial charge >= 0.3 is 6.09 Å². The molecular weight excluding hydrogens is 222 g/mol. The van der Waals surface area contributed by atoms with Crippen LogP contribution >= 0.6 is 11.3 Å². The van der Waals surface area contributed by atoms with Crippen molar-refractivity contribution >= 4 is 17.4 Å². The molecule has 4 heteroatoms. The number of carbonyl (C=O) groups excluding carboxylic acids is 1. The van der Waals surface area contributed by atoms with Crippen molar-refractivity contribution in [1.29, 1.82) is 0 Å². The molecule has 0 saturated carbocycles. The van der Waals surface area contributed by atoms with E-state index in [-0.39, 0.29) is 12.1 Å². The van der Waals surface area contributed by atoms with E-state index in [9.17, 15) is 4.79 Å². The molecule has 0 aliphatic carbocycles. The van der Waals surface area contributed by atoms with Crippen LogP contribution in [0.4, 0.5) is 4.79 Å². The summed E-state index contributed by atoms with van der Waals surface area (Å²) in [7, 11) is 0. The molecule has 88 valence electrons. The minimum absolute atomic E-state index is 0.175. The fraction of sp³-hybridized carbons (Fsp3) is 0.583. The van der Waals surface area contributed by atoms with Crippen LogP contribution in [0.3, 0.4) is 0 Å². The lowest BCUT2D eigenvalue weighted by Crippen LogP contribution is -2.39. The predicted octanol–water partition coefficient (Wildman–Crippen LogP) is 3.21. The normalized spacial score (nSPS) is 19.4. The number of amides is 1. The van der Waals surface area contributed by atoms with E-state index in [2.05, 4.69) is 18.4 Å². The summed E-state index contributed by atoms with van der Waals surface area (Å²) >= 11 is 1.79. The van der Waals surface area contributed by atoms with Gasteiger partial charge in [-0.1, -0.05) is 6.92 Å². The van der Waals surface area contributed by atoms with Gasteiger partial charge in [0.05, 0.1) is 12.6 Å². The molecule has 1 amide bonds. The molecule has 1 aliphatic heterocycles. The van der Waals surface area contributed by atoms with Gasteiger partial charge in [-0.3, -0.25) is 0 Å². The van der Waals surface area contributed by atoms with E-state index in [0.717, 1.165) is 19.4 Å². The second-order valence-electron chi connectivity index (χ2n) is 3.87. The van der Waals surface area contributed by atoms with Crippen molar-refractivity contribution < 1.29 is 9.53 Å². The molecule has 16 heavy (non-hydrogen) atoms. The van der Waals surface area contributed by atoms with E-state index in [4.69, 9.17) is 4.74 Å².